The number of rotatable bonds is 10. The lowest BCUT2D eigenvalue weighted by atomic mass is 9.99. The predicted octanol–water partition coefficient (Wildman–Crippen LogP) is 5.71. The van der Waals surface area contributed by atoms with Crippen LogP contribution in [0, 0.1) is 17.6 Å². The summed E-state index contributed by atoms with van der Waals surface area (Å²) in [7, 11) is 0. The first-order valence-electron chi connectivity index (χ1n) is 13.7. The van der Waals surface area contributed by atoms with Crippen molar-refractivity contribution in [1.82, 2.24) is 10.2 Å². The van der Waals surface area contributed by atoms with Crippen molar-refractivity contribution in [1.29, 1.82) is 0 Å². The second kappa shape index (κ2) is 13.6. The van der Waals surface area contributed by atoms with E-state index in [9.17, 15) is 31.5 Å². The van der Waals surface area contributed by atoms with Crippen molar-refractivity contribution in [2.45, 2.75) is 64.8 Å². The van der Waals surface area contributed by atoms with Crippen LogP contribution in [-0.4, -0.2) is 60.7 Å². The molecule has 1 saturated heterocycles. The van der Waals surface area contributed by atoms with Crippen molar-refractivity contribution < 1.29 is 31.5 Å². The number of halogens is 6. The smallest absolute Gasteiger partial charge is 0.367 e. The van der Waals surface area contributed by atoms with E-state index < -0.39 is 47.1 Å². The average molecular weight is 618 g/mol. The minimum Gasteiger partial charge on any atom is -0.367 e. The molecule has 232 valence electrons. The fourth-order valence-electron chi connectivity index (χ4n) is 4.81. The monoisotopic (exact) mass is 617 g/mol. The lowest BCUT2D eigenvalue weighted by molar-refractivity contribution is -0.139. The van der Waals surface area contributed by atoms with E-state index in [2.05, 4.69) is 10.6 Å². The summed E-state index contributed by atoms with van der Waals surface area (Å²) in [5.74, 6) is -3.89. The maximum absolute atomic E-state index is 15.0. The van der Waals surface area contributed by atoms with Crippen LogP contribution in [0.3, 0.4) is 0 Å². The van der Waals surface area contributed by atoms with E-state index in [1.807, 2.05) is 23.6 Å². The van der Waals surface area contributed by atoms with Crippen molar-refractivity contribution in [3.63, 3.8) is 0 Å². The summed E-state index contributed by atoms with van der Waals surface area (Å²) in [5, 5.41) is 5.42. The molecule has 0 unspecified atom stereocenters. The lowest BCUT2D eigenvalue weighted by Crippen LogP contribution is -2.54. The number of carbonyl (C=O) groups excluding carboxylic acids is 2. The minimum absolute atomic E-state index is 0.109. The Kier molecular flexibility index (Phi) is 10.8. The molecule has 2 aromatic carbocycles. The Morgan fingerprint density at radius 3 is 2.40 bits per heavy atom. The number of anilines is 2. The third kappa shape index (κ3) is 9.02. The van der Waals surface area contributed by atoms with Crippen LogP contribution in [0.4, 0.5) is 33.3 Å². The molecule has 3 rings (SSSR count). The zero-order valence-electron chi connectivity index (χ0n) is 24.0. The summed E-state index contributed by atoms with van der Waals surface area (Å²) in [6.45, 7) is 7.63. The molecular formula is C29H37ClF5N5O2. The molecule has 4 N–H and O–H groups in total. The number of amides is 2. The van der Waals surface area contributed by atoms with Gasteiger partial charge in [0.05, 0.1) is 28.9 Å². The van der Waals surface area contributed by atoms with Crippen LogP contribution in [0.1, 0.15) is 56.5 Å². The van der Waals surface area contributed by atoms with Gasteiger partial charge in [0.2, 0.25) is 5.91 Å². The Morgan fingerprint density at radius 1 is 1.10 bits per heavy atom. The first-order valence-corrected chi connectivity index (χ1v) is 14.0. The van der Waals surface area contributed by atoms with Crippen molar-refractivity contribution >= 4 is 34.8 Å². The SMILES string of the molecule is CC(C)C[C@H]1CN(c2cc(Cl)ccc2NC(=O)c2ccc(CNC(=O)C(C)(C)N)c(F)c2F)CCN1CCC(F)(F)F. The van der Waals surface area contributed by atoms with Crippen molar-refractivity contribution in [3.8, 4) is 0 Å². The molecule has 7 nitrogen and oxygen atoms in total. The largest absolute Gasteiger partial charge is 0.390 e. The van der Waals surface area contributed by atoms with E-state index in [0.29, 0.717) is 36.8 Å². The van der Waals surface area contributed by atoms with Crippen LogP contribution in [-0.2, 0) is 11.3 Å². The van der Waals surface area contributed by atoms with E-state index in [4.69, 9.17) is 17.3 Å². The zero-order valence-corrected chi connectivity index (χ0v) is 24.8. The molecular weight excluding hydrogens is 581 g/mol. The Hall–Kier alpha value is -2.96. The molecule has 42 heavy (non-hydrogen) atoms. The highest BCUT2D eigenvalue weighted by molar-refractivity contribution is 6.31. The van der Waals surface area contributed by atoms with Gasteiger partial charge in [-0.25, -0.2) is 8.78 Å². The van der Waals surface area contributed by atoms with E-state index in [1.165, 1.54) is 32.0 Å². The van der Waals surface area contributed by atoms with E-state index >= 15 is 0 Å². The van der Waals surface area contributed by atoms with Gasteiger partial charge in [-0.05, 0) is 50.5 Å². The standard InChI is InChI=1S/C29H37ClF5N5O2/c1-17(2)13-20-16-40(12-11-39(20)10-9-29(33,34)35)23-14-19(30)6-8-22(23)38-26(41)21-7-5-18(24(31)25(21)32)15-37-27(42)28(3,4)36/h5-8,14,17,20H,9-13,15-16,36H2,1-4H3,(H,37,42)(H,38,41)/t20-/m0/s1. The maximum atomic E-state index is 15.0. The fraction of sp³-hybridized carbons (Fsp3) is 0.517. The molecule has 0 aromatic heterocycles. The van der Waals surface area contributed by atoms with Gasteiger partial charge in [0.15, 0.2) is 11.6 Å². The van der Waals surface area contributed by atoms with E-state index in [0.717, 1.165) is 6.07 Å². The fourth-order valence-corrected chi connectivity index (χ4v) is 4.98. The first-order chi connectivity index (χ1) is 19.5. The van der Waals surface area contributed by atoms with Gasteiger partial charge in [-0.1, -0.05) is 31.5 Å². The number of hydrogen-bond donors (Lipinski definition) is 3. The van der Waals surface area contributed by atoms with Gasteiger partial charge < -0.3 is 21.3 Å². The molecule has 1 aliphatic rings. The molecule has 1 aliphatic heterocycles. The topological polar surface area (TPSA) is 90.7 Å². The van der Waals surface area contributed by atoms with E-state index in [-0.39, 0.29) is 36.3 Å². The third-order valence-electron chi connectivity index (χ3n) is 7.01. The van der Waals surface area contributed by atoms with Gasteiger partial charge >= 0.3 is 6.18 Å². The van der Waals surface area contributed by atoms with Crippen LogP contribution in [0.2, 0.25) is 5.02 Å². The van der Waals surface area contributed by atoms with Gasteiger partial charge in [0.1, 0.15) is 0 Å². The quantitative estimate of drug-likeness (QED) is 0.297. The van der Waals surface area contributed by atoms with Crippen LogP contribution >= 0.6 is 11.6 Å². The van der Waals surface area contributed by atoms with Crippen molar-refractivity contribution in [2.24, 2.45) is 11.7 Å². The molecule has 2 amide bonds. The Bertz CT molecular complexity index is 1280. The highest BCUT2D eigenvalue weighted by Crippen LogP contribution is 2.33. The van der Waals surface area contributed by atoms with Gasteiger partial charge in [-0.3, -0.25) is 14.5 Å². The number of nitrogens with zero attached hydrogens (tertiary/aromatic N) is 2. The average Bonchev–Trinajstić information content (AvgIpc) is 2.88. The van der Waals surface area contributed by atoms with Gasteiger partial charge in [0, 0.05) is 49.4 Å². The highest BCUT2D eigenvalue weighted by Gasteiger charge is 2.33. The summed E-state index contributed by atoms with van der Waals surface area (Å²) in [5.41, 5.74) is 4.59. The normalized spacial score (nSPS) is 16.6. The number of piperazine rings is 1. The molecule has 13 heteroatoms. The number of benzene rings is 2. The molecule has 0 radical (unpaired) electrons. The number of nitrogens with two attached hydrogens (primary N) is 1. The second-order valence-electron chi connectivity index (χ2n) is 11.6. The van der Waals surface area contributed by atoms with E-state index in [1.54, 1.807) is 6.07 Å². The van der Waals surface area contributed by atoms with Crippen LogP contribution in [0.15, 0.2) is 30.3 Å². The molecule has 0 spiro atoms. The van der Waals surface area contributed by atoms with Crippen molar-refractivity contribution in [2.75, 3.05) is 36.4 Å². The van der Waals surface area contributed by atoms with Crippen molar-refractivity contribution in [3.05, 3.63) is 58.1 Å². The summed E-state index contributed by atoms with van der Waals surface area (Å²) >= 11 is 6.26. The van der Waals surface area contributed by atoms with Crippen LogP contribution < -0.4 is 21.3 Å². The minimum atomic E-state index is -4.26. The molecule has 1 heterocycles. The number of carbonyl (C=O) groups is 2. The Labute approximate surface area is 247 Å². The molecule has 1 fully saturated rings. The van der Waals surface area contributed by atoms with Gasteiger partial charge in [-0.2, -0.15) is 13.2 Å². The van der Waals surface area contributed by atoms with Gasteiger partial charge in [0.25, 0.3) is 5.91 Å². The molecule has 0 saturated carbocycles. The molecule has 0 bridgehead atoms. The maximum Gasteiger partial charge on any atom is 0.390 e. The molecule has 1 atom stereocenters. The highest BCUT2D eigenvalue weighted by atomic mass is 35.5. The number of alkyl halides is 3. The molecule has 0 aliphatic carbocycles. The number of hydrogen-bond acceptors (Lipinski definition) is 5. The second-order valence-corrected chi connectivity index (χ2v) is 12.0. The Morgan fingerprint density at radius 2 is 1.79 bits per heavy atom. The zero-order chi connectivity index (χ0) is 31.4. The summed E-state index contributed by atoms with van der Waals surface area (Å²) in [6.07, 6.45) is -4.50. The summed E-state index contributed by atoms with van der Waals surface area (Å²) in [6, 6.07) is 6.85. The summed E-state index contributed by atoms with van der Waals surface area (Å²) in [4.78, 5) is 28.8. The first kappa shape index (κ1) is 33.5. The Balaban J connectivity index is 1.80. The van der Waals surface area contributed by atoms with Crippen LogP contribution in [0.25, 0.3) is 0 Å². The predicted molar refractivity (Wildman–Crippen MR) is 154 cm³/mol. The lowest BCUT2D eigenvalue weighted by Gasteiger charge is -2.43. The third-order valence-corrected chi connectivity index (χ3v) is 7.25. The summed E-state index contributed by atoms with van der Waals surface area (Å²) < 4.78 is 68.6. The molecule has 2 aromatic rings. The van der Waals surface area contributed by atoms with Gasteiger partial charge in [-0.15, -0.1) is 0 Å². The number of nitrogens with one attached hydrogen (secondary N) is 2. The van der Waals surface area contributed by atoms with Crippen LogP contribution in [0.5, 0.6) is 0 Å².